The third-order valence-electron chi connectivity index (χ3n) is 1.03. The van der Waals surface area contributed by atoms with Crippen LogP contribution >= 0.6 is 0 Å². The number of carbonyl (C=O) groups is 1. The maximum Gasteiger partial charge on any atom is 0.167 e. The summed E-state index contributed by atoms with van der Waals surface area (Å²) in [6, 6.07) is 0. The van der Waals surface area contributed by atoms with Crippen molar-refractivity contribution >= 4 is 12.5 Å². The Kier molecular flexibility index (Phi) is 11.0. The Bertz CT molecular complexity index is 186. The molecule has 0 saturated carbocycles. The maximum atomic E-state index is 9.97. The van der Waals surface area contributed by atoms with Crippen LogP contribution in [-0.2, 0) is 4.79 Å². The van der Waals surface area contributed by atoms with Crippen LogP contribution in [0.1, 0.15) is 27.7 Å². The van der Waals surface area contributed by atoms with Crippen LogP contribution in [0.4, 0.5) is 0 Å². The van der Waals surface area contributed by atoms with E-state index in [-0.39, 0.29) is 5.70 Å². The average Bonchev–Trinajstić information content (AvgIpc) is 2.16. The SMILES string of the molecule is C=C(C=O)N=C/C(C)=C\C.CC. The highest BCUT2D eigenvalue weighted by Crippen LogP contribution is 1.89. The smallest absolute Gasteiger partial charge is 0.167 e. The number of carbonyl (C=O) groups excluding carboxylic acids is 1. The second-order valence-corrected chi connectivity index (χ2v) is 1.90. The van der Waals surface area contributed by atoms with Crippen LogP contribution in [0.3, 0.4) is 0 Å². The number of nitrogens with zero attached hydrogens (tertiary/aromatic N) is 1. The van der Waals surface area contributed by atoms with Gasteiger partial charge in [-0.15, -0.1) is 0 Å². The van der Waals surface area contributed by atoms with Crippen molar-refractivity contribution in [3.63, 3.8) is 0 Å². The van der Waals surface area contributed by atoms with E-state index in [0.717, 1.165) is 5.57 Å². The first-order valence-electron chi connectivity index (χ1n) is 4.01. The van der Waals surface area contributed by atoms with E-state index in [1.807, 2.05) is 33.8 Å². The Morgan fingerprint density at radius 1 is 1.42 bits per heavy atom. The van der Waals surface area contributed by atoms with Gasteiger partial charge in [-0.3, -0.25) is 9.79 Å². The zero-order valence-corrected chi connectivity index (χ0v) is 8.29. The van der Waals surface area contributed by atoms with Crippen LogP contribution in [0.15, 0.2) is 28.9 Å². The quantitative estimate of drug-likeness (QED) is 0.361. The Labute approximate surface area is 74.7 Å². The number of hydrogen-bond donors (Lipinski definition) is 0. The zero-order valence-electron chi connectivity index (χ0n) is 8.29. The lowest BCUT2D eigenvalue weighted by atomic mass is 10.3. The molecule has 0 aliphatic carbocycles. The summed E-state index contributed by atoms with van der Waals surface area (Å²) >= 11 is 0. The predicted octanol–water partition coefficient (Wildman–Crippen LogP) is 2.76. The van der Waals surface area contributed by atoms with Gasteiger partial charge in [-0.1, -0.05) is 26.5 Å². The molecule has 68 valence electrons. The summed E-state index contributed by atoms with van der Waals surface area (Å²) < 4.78 is 0. The second kappa shape index (κ2) is 9.82. The Morgan fingerprint density at radius 3 is 2.25 bits per heavy atom. The molecule has 0 aromatic rings. The van der Waals surface area contributed by atoms with Crippen molar-refractivity contribution in [3.8, 4) is 0 Å². The monoisotopic (exact) mass is 167 g/mol. The summed E-state index contributed by atoms with van der Waals surface area (Å²) in [7, 11) is 0. The van der Waals surface area contributed by atoms with Gasteiger partial charge in [0.05, 0.1) is 5.70 Å². The largest absolute Gasteiger partial charge is 0.296 e. The summed E-state index contributed by atoms with van der Waals surface area (Å²) in [5.41, 5.74) is 1.27. The van der Waals surface area contributed by atoms with Gasteiger partial charge in [0.2, 0.25) is 0 Å². The Balaban J connectivity index is 0. The van der Waals surface area contributed by atoms with E-state index < -0.39 is 0 Å². The topological polar surface area (TPSA) is 29.4 Å². The van der Waals surface area contributed by atoms with Crippen LogP contribution in [-0.4, -0.2) is 12.5 Å². The minimum atomic E-state index is 0.251. The van der Waals surface area contributed by atoms with Gasteiger partial charge >= 0.3 is 0 Å². The summed E-state index contributed by atoms with van der Waals surface area (Å²) in [5, 5.41) is 0. The normalized spacial score (nSPS) is 10.5. The molecule has 0 rings (SSSR count). The molecule has 12 heavy (non-hydrogen) atoms. The number of rotatable bonds is 3. The third kappa shape index (κ3) is 8.82. The third-order valence-corrected chi connectivity index (χ3v) is 1.03. The van der Waals surface area contributed by atoms with E-state index in [9.17, 15) is 4.79 Å². The zero-order chi connectivity index (χ0) is 9.98. The summed E-state index contributed by atoms with van der Waals surface area (Å²) in [5.74, 6) is 0. The molecule has 0 saturated heterocycles. The van der Waals surface area contributed by atoms with Gasteiger partial charge in [0.1, 0.15) is 0 Å². The van der Waals surface area contributed by atoms with Crippen LogP contribution < -0.4 is 0 Å². The van der Waals surface area contributed by atoms with Crippen molar-refractivity contribution in [1.29, 1.82) is 0 Å². The Morgan fingerprint density at radius 2 is 1.92 bits per heavy atom. The van der Waals surface area contributed by atoms with Crippen molar-refractivity contribution in [2.75, 3.05) is 0 Å². The van der Waals surface area contributed by atoms with Gasteiger partial charge in [-0.25, -0.2) is 0 Å². The number of allylic oxidation sites excluding steroid dienone is 3. The molecule has 0 fully saturated rings. The van der Waals surface area contributed by atoms with E-state index in [4.69, 9.17) is 0 Å². The fourth-order valence-corrected chi connectivity index (χ4v) is 0.290. The van der Waals surface area contributed by atoms with E-state index >= 15 is 0 Å². The highest BCUT2D eigenvalue weighted by atomic mass is 16.1. The summed E-state index contributed by atoms with van der Waals surface area (Å²) in [6.07, 6.45) is 4.14. The van der Waals surface area contributed by atoms with E-state index in [1.165, 1.54) is 0 Å². The van der Waals surface area contributed by atoms with Crippen molar-refractivity contribution < 1.29 is 4.79 Å². The van der Waals surface area contributed by atoms with Crippen molar-refractivity contribution in [2.45, 2.75) is 27.7 Å². The fourth-order valence-electron chi connectivity index (χ4n) is 0.290. The molecule has 0 unspecified atom stereocenters. The molecule has 0 spiro atoms. The van der Waals surface area contributed by atoms with Crippen LogP contribution in [0.2, 0.25) is 0 Å². The molecule has 0 heterocycles. The van der Waals surface area contributed by atoms with E-state index in [0.29, 0.717) is 6.29 Å². The lowest BCUT2D eigenvalue weighted by Gasteiger charge is -1.86. The summed E-state index contributed by atoms with van der Waals surface area (Å²) in [4.78, 5) is 13.7. The molecule has 0 aromatic heterocycles. The second-order valence-electron chi connectivity index (χ2n) is 1.90. The van der Waals surface area contributed by atoms with Crippen molar-refractivity contribution in [2.24, 2.45) is 4.99 Å². The van der Waals surface area contributed by atoms with Gasteiger partial charge < -0.3 is 0 Å². The van der Waals surface area contributed by atoms with Gasteiger partial charge in [-0.2, -0.15) is 0 Å². The molecule has 0 radical (unpaired) electrons. The first-order chi connectivity index (χ1) is 5.70. The minimum absolute atomic E-state index is 0.251. The van der Waals surface area contributed by atoms with Gasteiger partial charge in [0, 0.05) is 6.21 Å². The number of hydrogen-bond acceptors (Lipinski definition) is 2. The molecule has 0 aromatic carbocycles. The van der Waals surface area contributed by atoms with Gasteiger partial charge in [0.25, 0.3) is 0 Å². The molecular weight excluding hydrogens is 150 g/mol. The van der Waals surface area contributed by atoms with Crippen molar-refractivity contribution in [3.05, 3.63) is 23.9 Å². The molecule has 0 aliphatic rings. The van der Waals surface area contributed by atoms with Gasteiger partial charge in [0.15, 0.2) is 6.29 Å². The minimum Gasteiger partial charge on any atom is -0.296 e. The molecule has 0 aliphatic heterocycles. The number of aliphatic imine (C=N–C) groups is 1. The first-order valence-corrected chi connectivity index (χ1v) is 4.01. The van der Waals surface area contributed by atoms with E-state index in [2.05, 4.69) is 11.6 Å². The van der Waals surface area contributed by atoms with Gasteiger partial charge in [-0.05, 0) is 19.4 Å². The molecule has 2 nitrogen and oxygen atoms in total. The maximum absolute atomic E-state index is 9.97. The van der Waals surface area contributed by atoms with Crippen molar-refractivity contribution in [1.82, 2.24) is 0 Å². The molecular formula is C10H17NO. The fraction of sp³-hybridized carbons (Fsp3) is 0.400. The lowest BCUT2D eigenvalue weighted by molar-refractivity contribution is -0.104. The predicted molar refractivity (Wildman–Crippen MR) is 54.5 cm³/mol. The molecule has 2 heteroatoms. The molecule has 0 N–H and O–H groups in total. The summed E-state index contributed by atoms with van der Waals surface area (Å²) in [6.45, 7) is 11.2. The van der Waals surface area contributed by atoms with E-state index in [1.54, 1.807) is 6.21 Å². The number of aldehydes is 1. The average molecular weight is 167 g/mol. The van der Waals surface area contributed by atoms with Crippen LogP contribution in [0.5, 0.6) is 0 Å². The molecule has 0 bridgehead atoms. The highest BCUT2D eigenvalue weighted by molar-refractivity contribution is 5.83. The molecule has 0 atom stereocenters. The van der Waals surface area contributed by atoms with Crippen LogP contribution in [0.25, 0.3) is 0 Å². The Hall–Kier alpha value is -1.18. The first kappa shape index (κ1) is 13.4. The molecule has 0 amide bonds. The standard InChI is InChI=1S/C8H11NO.C2H6/c1-4-7(2)5-9-8(3)6-10;1-2/h4-6H,3H2,1-2H3;1-2H3/b7-4-,9-5?;. The highest BCUT2D eigenvalue weighted by Gasteiger charge is 1.81. The van der Waals surface area contributed by atoms with Crippen LogP contribution in [0, 0.1) is 0 Å². The lowest BCUT2D eigenvalue weighted by Crippen LogP contribution is -1.80.